The molecule has 2 aromatic carbocycles. The second-order valence-corrected chi connectivity index (χ2v) is 6.04. The number of nitrogens with zero attached hydrogens (tertiary/aromatic N) is 2. The van der Waals surface area contributed by atoms with E-state index in [2.05, 4.69) is 11.7 Å². The highest BCUT2D eigenvalue weighted by Gasteiger charge is 2.16. The van der Waals surface area contributed by atoms with E-state index < -0.39 is 5.97 Å². The van der Waals surface area contributed by atoms with Crippen molar-refractivity contribution in [3.63, 3.8) is 0 Å². The molecule has 3 rings (SSSR count). The molecule has 0 fully saturated rings. The lowest BCUT2D eigenvalue weighted by Gasteiger charge is -2.24. The molecule has 2 aromatic rings. The maximum absolute atomic E-state index is 14.2. The van der Waals surface area contributed by atoms with Crippen molar-refractivity contribution in [3.05, 3.63) is 95.0 Å². The fourth-order valence-electron chi connectivity index (χ4n) is 2.69. The van der Waals surface area contributed by atoms with Crippen LogP contribution in [0.15, 0.2) is 72.0 Å². The molecule has 0 bridgehead atoms. The van der Waals surface area contributed by atoms with E-state index in [9.17, 15) is 9.18 Å². The van der Waals surface area contributed by atoms with Gasteiger partial charge in [0.2, 0.25) is 0 Å². The summed E-state index contributed by atoms with van der Waals surface area (Å²) in [6.45, 7) is 6.30. The first kappa shape index (κ1) is 17.6. The van der Waals surface area contributed by atoms with E-state index in [0.29, 0.717) is 29.1 Å². The largest absolute Gasteiger partial charge is 0.465 e. The van der Waals surface area contributed by atoms with Gasteiger partial charge < -0.3 is 4.74 Å². The number of allylic oxidation sites excluding steroid dienone is 2. The number of aryl methyl sites for hydroxylation is 1. The van der Waals surface area contributed by atoms with Gasteiger partial charge in [0, 0.05) is 5.56 Å². The van der Waals surface area contributed by atoms with Crippen molar-refractivity contribution in [2.45, 2.75) is 13.5 Å². The lowest BCUT2D eigenvalue weighted by Crippen LogP contribution is -2.21. The van der Waals surface area contributed by atoms with Crippen molar-refractivity contribution in [2.75, 3.05) is 7.11 Å². The monoisotopic (exact) mass is 350 g/mol. The van der Waals surface area contributed by atoms with E-state index in [1.54, 1.807) is 47.5 Å². The predicted octanol–water partition coefficient (Wildman–Crippen LogP) is 4.21. The summed E-state index contributed by atoms with van der Waals surface area (Å²) in [4.78, 5) is 11.7. The number of ether oxygens (including phenoxy) is 1. The topological polar surface area (TPSA) is 41.9 Å². The van der Waals surface area contributed by atoms with Crippen molar-refractivity contribution in [3.8, 4) is 0 Å². The lowest BCUT2D eigenvalue weighted by molar-refractivity contribution is 0.0600. The maximum atomic E-state index is 14.2. The first-order valence-corrected chi connectivity index (χ1v) is 8.15. The van der Waals surface area contributed by atoms with Crippen molar-refractivity contribution >= 4 is 11.7 Å². The summed E-state index contributed by atoms with van der Waals surface area (Å²) >= 11 is 0. The molecule has 0 radical (unpaired) electrons. The Kier molecular flexibility index (Phi) is 4.98. The van der Waals surface area contributed by atoms with Crippen LogP contribution in [0.3, 0.4) is 0 Å². The van der Waals surface area contributed by atoms with Crippen molar-refractivity contribution < 1.29 is 13.9 Å². The maximum Gasteiger partial charge on any atom is 0.337 e. The molecule has 0 saturated carbocycles. The smallest absolute Gasteiger partial charge is 0.337 e. The van der Waals surface area contributed by atoms with E-state index in [0.717, 1.165) is 11.1 Å². The van der Waals surface area contributed by atoms with E-state index in [1.165, 1.54) is 13.2 Å². The Hall–Kier alpha value is -3.21. The first-order valence-electron chi connectivity index (χ1n) is 8.15. The number of halogens is 1. The van der Waals surface area contributed by atoms with E-state index >= 15 is 0 Å². The lowest BCUT2D eigenvalue weighted by atomic mass is 10.0. The number of rotatable bonds is 4. The highest BCUT2D eigenvalue weighted by atomic mass is 19.1. The number of hydrogen-bond acceptors (Lipinski definition) is 4. The van der Waals surface area contributed by atoms with Gasteiger partial charge in [0.05, 0.1) is 30.6 Å². The zero-order valence-corrected chi connectivity index (χ0v) is 14.7. The third kappa shape index (κ3) is 3.72. The van der Waals surface area contributed by atoms with Gasteiger partial charge in [-0.15, -0.1) is 0 Å². The molecule has 5 heteroatoms. The Morgan fingerprint density at radius 3 is 2.81 bits per heavy atom. The molecule has 0 amide bonds. The average Bonchev–Trinajstić information content (AvgIpc) is 2.65. The molecule has 132 valence electrons. The first-order chi connectivity index (χ1) is 12.5. The normalized spacial score (nSPS) is 13.6. The molecule has 0 N–H and O–H groups in total. The van der Waals surface area contributed by atoms with Gasteiger partial charge in [-0.2, -0.15) is 5.10 Å². The number of esters is 1. The second kappa shape index (κ2) is 7.35. The number of carbonyl (C=O) groups is 1. The predicted molar refractivity (Wildman–Crippen MR) is 99.3 cm³/mol. The molecule has 1 aliphatic heterocycles. The summed E-state index contributed by atoms with van der Waals surface area (Å²) < 4.78 is 18.9. The molecular formula is C21H19FN2O2. The van der Waals surface area contributed by atoms with Gasteiger partial charge in [-0.25, -0.2) is 9.18 Å². The molecule has 4 nitrogen and oxygen atoms in total. The molecule has 1 aliphatic rings. The van der Waals surface area contributed by atoms with Gasteiger partial charge in [-0.1, -0.05) is 30.3 Å². The summed E-state index contributed by atoms with van der Waals surface area (Å²) in [5.41, 5.74) is 3.96. The third-order valence-electron chi connectivity index (χ3n) is 4.07. The number of carbonyl (C=O) groups excluding carboxylic acids is 1. The van der Waals surface area contributed by atoms with Crippen LogP contribution in [0.5, 0.6) is 0 Å². The fraction of sp³-hybridized carbons (Fsp3) is 0.143. The van der Waals surface area contributed by atoms with Gasteiger partial charge >= 0.3 is 5.97 Å². The molecule has 0 aromatic heterocycles. The summed E-state index contributed by atoms with van der Waals surface area (Å²) in [6.07, 6.45) is 3.55. The van der Waals surface area contributed by atoms with Crippen LogP contribution in [0, 0.1) is 12.7 Å². The molecular weight excluding hydrogens is 331 g/mol. The Morgan fingerprint density at radius 2 is 2.04 bits per heavy atom. The van der Waals surface area contributed by atoms with Crippen LogP contribution in [-0.2, 0) is 11.3 Å². The molecule has 0 spiro atoms. The highest BCUT2D eigenvalue weighted by Crippen LogP contribution is 2.21. The van der Waals surface area contributed by atoms with Crippen molar-refractivity contribution in [1.29, 1.82) is 0 Å². The summed E-state index contributed by atoms with van der Waals surface area (Å²) in [5, 5.41) is 6.22. The highest BCUT2D eigenvalue weighted by molar-refractivity contribution is 6.09. The number of hydrogen-bond donors (Lipinski definition) is 0. The summed E-state index contributed by atoms with van der Waals surface area (Å²) in [6, 6.07) is 12.0. The van der Waals surface area contributed by atoms with Gasteiger partial charge in [0.25, 0.3) is 0 Å². The molecule has 26 heavy (non-hydrogen) atoms. The standard InChI is InChI=1S/C21H19FN2O2/c1-14-7-9-19(22)18(11-14)20-10-8-15(2)24(23-20)13-16-5-4-6-17(12-16)21(25)26-3/h4-12H,2,13H2,1,3H3. The van der Waals surface area contributed by atoms with Crippen LogP contribution in [0.2, 0.25) is 0 Å². The van der Waals surface area contributed by atoms with Crippen LogP contribution >= 0.6 is 0 Å². The quantitative estimate of drug-likeness (QED) is 0.776. The van der Waals surface area contributed by atoms with Gasteiger partial charge in [0.1, 0.15) is 5.82 Å². The second-order valence-electron chi connectivity index (χ2n) is 6.04. The molecule has 1 heterocycles. The van der Waals surface area contributed by atoms with Crippen LogP contribution in [0.1, 0.15) is 27.0 Å². The Morgan fingerprint density at radius 1 is 1.23 bits per heavy atom. The van der Waals surface area contributed by atoms with Crippen molar-refractivity contribution in [2.24, 2.45) is 5.10 Å². The average molecular weight is 350 g/mol. The van der Waals surface area contributed by atoms with Gasteiger partial charge in [0.15, 0.2) is 0 Å². The molecule has 0 unspecified atom stereocenters. The van der Waals surface area contributed by atoms with E-state index in [4.69, 9.17) is 4.74 Å². The minimum absolute atomic E-state index is 0.320. The van der Waals surface area contributed by atoms with Crippen LogP contribution in [0.4, 0.5) is 4.39 Å². The summed E-state index contributed by atoms with van der Waals surface area (Å²) in [5.74, 6) is -0.714. The zero-order chi connectivity index (χ0) is 18.7. The SMILES string of the molecule is C=C1C=CC(c2cc(C)ccc2F)=NN1Cc1cccc(C(=O)OC)c1. The number of hydrazone groups is 1. The van der Waals surface area contributed by atoms with Gasteiger partial charge in [-0.05, 0) is 48.9 Å². The van der Waals surface area contributed by atoms with E-state index in [-0.39, 0.29) is 5.82 Å². The number of methoxy groups -OCH3 is 1. The third-order valence-corrected chi connectivity index (χ3v) is 4.07. The molecule has 0 aliphatic carbocycles. The summed E-state index contributed by atoms with van der Waals surface area (Å²) in [7, 11) is 1.35. The van der Waals surface area contributed by atoms with E-state index in [1.807, 2.05) is 13.0 Å². The Labute approximate surface area is 151 Å². The number of benzene rings is 2. The molecule has 0 atom stereocenters. The van der Waals surface area contributed by atoms with Gasteiger partial charge in [-0.3, -0.25) is 5.01 Å². The Balaban J connectivity index is 1.89. The minimum Gasteiger partial charge on any atom is -0.465 e. The van der Waals surface area contributed by atoms with Crippen molar-refractivity contribution in [1.82, 2.24) is 5.01 Å². The minimum atomic E-state index is -0.393. The fourth-order valence-corrected chi connectivity index (χ4v) is 2.69. The van der Waals surface area contributed by atoms with Crippen LogP contribution in [0.25, 0.3) is 0 Å². The van der Waals surface area contributed by atoms with Crippen LogP contribution in [-0.4, -0.2) is 23.8 Å². The van der Waals surface area contributed by atoms with Crippen LogP contribution < -0.4 is 0 Å². The Bertz CT molecular complexity index is 931. The molecule has 0 saturated heterocycles. The zero-order valence-electron chi connectivity index (χ0n) is 14.7.